The molecule has 15 heavy (non-hydrogen) atoms. The van der Waals surface area contributed by atoms with Gasteiger partial charge in [0, 0.05) is 18.1 Å². The number of amides is 1. The molecule has 1 amide bonds. The van der Waals surface area contributed by atoms with Crippen molar-refractivity contribution in [1.29, 1.82) is 0 Å². The van der Waals surface area contributed by atoms with Crippen LogP contribution in [0, 0.1) is 6.92 Å². The maximum absolute atomic E-state index is 11.7. The largest absolute Gasteiger partial charge is 0.348 e. The van der Waals surface area contributed by atoms with Crippen LogP contribution in [0.2, 0.25) is 0 Å². The smallest absolute Gasteiger partial charge is 0.270 e. The lowest BCUT2D eigenvalue weighted by atomic mass is 10.2. The summed E-state index contributed by atoms with van der Waals surface area (Å²) in [6, 6.07) is 3.76. The first kappa shape index (κ1) is 12.0. The van der Waals surface area contributed by atoms with E-state index in [1.165, 1.54) is 0 Å². The van der Waals surface area contributed by atoms with E-state index in [1.807, 2.05) is 26.0 Å². The van der Waals surface area contributed by atoms with E-state index in [0.717, 1.165) is 12.0 Å². The summed E-state index contributed by atoms with van der Waals surface area (Å²) in [5.74, 6) is 0.411. The minimum absolute atomic E-state index is 0.0800. The number of aryl methyl sites for hydroxylation is 1. The molecule has 0 aromatic carbocycles. The molecule has 1 N–H and O–H groups in total. The molecular weight excluding hydrogens is 212 g/mol. The third-order valence-electron chi connectivity index (χ3n) is 2.14. The van der Waals surface area contributed by atoms with Crippen molar-refractivity contribution in [3.63, 3.8) is 0 Å². The van der Waals surface area contributed by atoms with Crippen molar-refractivity contribution in [2.75, 3.05) is 5.88 Å². The van der Waals surface area contributed by atoms with Gasteiger partial charge in [-0.2, -0.15) is 0 Å². The van der Waals surface area contributed by atoms with Crippen LogP contribution in [0.4, 0.5) is 0 Å². The molecule has 0 bridgehead atoms. The van der Waals surface area contributed by atoms with Gasteiger partial charge >= 0.3 is 0 Å². The number of rotatable bonds is 4. The minimum atomic E-state index is -0.134. The van der Waals surface area contributed by atoms with Crippen LogP contribution < -0.4 is 5.32 Å². The number of carbonyl (C=O) groups excluding carboxylic acids is 1. The van der Waals surface area contributed by atoms with E-state index in [4.69, 9.17) is 11.6 Å². The first-order valence-corrected chi connectivity index (χ1v) is 5.47. The molecule has 1 aromatic heterocycles. The van der Waals surface area contributed by atoms with Gasteiger partial charge in [-0.15, -0.1) is 11.6 Å². The van der Waals surface area contributed by atoms with Gasteiger partial charge in [0.15, 0.2) is 0 Å². The Morgan fingerprint density at radius 3 is 3.00 bits per heavy atom. The molecule has 0 fully saturated rings. The zero-order valence-corrected chi connectivity index (χ0v) is 9.71. The van der Waals surface area contributed by atoms with Gasteiger partial charge in [0.25, 0.3) is 5.91 Å². The average molecular weight is 227 g/mol. The molecule has 1 aromatic rings. The summed E-state index contributed by atoms with van der Waals surface area (Å²) >= 11 is 5.59. The van der Waals surface area contributed by atoms with E-state index in [1.54, 1.807) is 6.20 Å². The lowest BCUT2D eigenvalue weighted by molar-refractivity contribution is 0.0934. The summed E-state index contributed by atoms with van der Waals surface area (Å²) in [4.78, 5) is 15.8. The van der Waals surface area contributed by atoms with Crippen LogP contribution in [0.5, 0.6) is 0 Å². The van der Waals surface area contributed by atoms with Crippen molar-refractivity contribution in [2.45, 2.75) is 26.3 Å². The lowest BCUT2D eigenvalue weighted by Crippen LogP contribution is -2.33. The quantitative estimate of drug-likeness (QED) is 0.800. The Morgan fingerprint density at radius 1 is 1.67 bits per heavy atom. The van der Waals surface area contributed by atoms with E-state index in [2.05, 4.69) is 10.3 Å². The van der Waals surface area contributed by atoms with Gasteiger partial charge in [0.1, 0.15) is 5.69 Å². The number of carbonyl (C=O) groups is 1. The van der Waals surface area contributed by atoms with Crippen LogP contribution >= 0.6 is 11.6 Å². The molecule has 0 aliphatic heterocycles. The van der Waals surface area contributed by atoms with Crippen molar-refractivity contribution in [2.24, 2.45) is 0 Å². The number of alkyl halides is 1. The minimum Gasteiger partial charge on any atom is -0.348 e. The van der Waals surface area contributed by atoms with E-state index in [-0.39, 0.29) is 11.9 Å². The summed E-state index contributed by atoms with van der Waals surface area (Å²) in [6.45, 7) is 3.80. The zero-order chi connectivity index (χ0) is 11.3. The summed E-state index contributed by atoms with van der Waals surface area (Å²) < 4.78 is 0. The normalized spacial score (nSPS) is 12.2. The third kappa shape index (κ3) is 3.51. The standard InChI is InChI=1S/C11H15ClN2O/c1-8-4-3-7-13-10(8)11(15)14-9(2)5-6-12/h3-4,7,9H,5-6H2,1-2H3,(H,14,15). The molecule has 82 valence electrons. The van der Waals surface area contributed by atoms with Gasteiger partial charge in [0.05, 0.1) is 0 Å². The number of aromatic nitrogens is 1. The Bertz CT molecular complexity index is 341. The maximum Gasteiger partial charge on any atom is 0.270 e. The molecule has 0 saturated heterocycles. The van der Waals surface area contributed by atoms with Gasteiger partial charge in [-0.05, 0) is 31.9 Å². The van der Waals surface area contributed by atoms with E-state index in [0.29, 0.717) is 11.6 Å². The van der Waals surface area contributed by atoms with Crippen LogP contribution in [0.3, 0.4) is 0 Å². The number of pyridine rings is 1. The number of nitrogens with one attached hydrogen (secondary N) is 1. The molecule has 4 heteroatoms. The van der Waals surface area contributed by atoms with Gasteiger partial charge in [-0.1, -0.05) is 6.07 Å². The van der Waals surface area contributed by atoms with Crippen LogP contribution in [-0.4, -0.2) is 22.8 Å². The van der Waals surface area contributed by atoms with E-state index >= 15 is 0 Å². The van der Waals surface area contributed by atoms with E-state index < -0.39 is 0 Å². The van der Waals surface area contributed by atoms with Crippen LogP contribution in [-0.2, 0) is 0 Å². The highest BCUT2D eigenvalue weighted by Crippen LogP contribution is 2.04. The van der Waals surface area contributed by atoms with Crippen LogP contribution in [0.25, 0.3) is 0 Å². The number of halogens is 1. The highest BCUT2D eigenvalue weighted by atomic mass is 35.5. The predicted octanol–water partition coefficient (Wildman–Crippen LogP) is 2.14. The van der Waals surface area contributed by atoms with Crippen molar-refractivity contribution in [3.8, 4) is 0 Å². The van der Waals surface area contributed by atoms with Crippen molar-refractivity contribution >= 4 is 17.5 Å². The fourth-order valence-electron chi connectivity index (χ4n) is 1.25. The van der Waals surface area contributed by atoms with Gasteiger partial charge in [-0.25, -0.2) is 0 Å². The monoisotopic (exact) mass is 226 g/mol. The Hall–Kier alpha value is -1.09. The Morgan fingerprint density at radius 2 is 2.40 bits per heavy atom. The molecule has 0 saturated carbocycles. The first-order chi connectivity index (χ1) is 7.15. The van der Waals surface area contributed by atoms with Crippen LogP contribution in [0.1, 0.15) is 29.4 Å². The van der Waals surface area contributed by atoms with Crippen LogP contribution in [0.15, 0.2) is 18.3 Å². The molecule has 1 rings (SSSR count). The molecule has 0 aliphatic rings. The summed E-state index contributed by atoms with van der Waals surface area (Å²) in [6.07, 6.45) is 2.38. The Kier molecular flexibility index (Phi) is 4.56. The van der Waals surface area contributed by atoms with Crippen molar-refractivity contribution in [1.82, 2.24) is 10.3 Å². The van der Waals surface area contributed by atoms with Gasteiger partial charge in [0.2, 0.25) is 0 Å². The second kappa shape index (κ2) is 5.71. The molecule has 1 atom stereocenters. The molecule has 0 aliphatic carbocycles. The second-order valence-corrected chi connectivity index (χ2v) is 3.90. The third-order valence-corrected chi connectivity index (χ3v) is 2.36. The average Bonchev–Trinajstić information content (AvgIpc) is 2.18. The number of hydrogen-bond donors (Lipinski definition) is 1. The molecular formula is C11H15ClN2O. The highest BCUT2D eigenvalue weighted by Gasteiger charge is 2.12. The fraction of sp³-hybridized carbons (Fsp3) is 0.455. The molecule has 0 spiro atoms. The number of hydrogen-bond acceptors (Lipinski definition) is 2. The molecule has 0 radical (unpaired) electrons. The second-order valence-electron chi connectivity index (χ2n) is 3.52. The fourth-order valence-corrected chi connectivity index (χ4v) is 1.58. The summed E-state index contributed by atoms with van der Waals surface area (Å²) in [5.41, 5.74) is 1.37. The van der Waals surface area contributed by atoms with Gasteiger partial charge < -0.3 is 5.32 Å². The predicted molar refractivity (Wildman–Crippen MR) is 61.2 cm³/mol. The Balaban J connectivity index is 2.65. The summed E-state index contributed by atoms with van der Waals surface area (Å²) in [7, 11) is 0. The zero-order valence-electron chi connectivity index (χ0n) is 8.96. The van der Waals surface area contributed by atoms with E-state index in [9.17, 15) is 4.79 Å². The van der Waals surface area contributed by atoms with Gasteiger partial charge in [-0.3, -0.25) is 9.78 Å². The Labute approximate surface area is 94.9 Å². The molecule has 1 heterocycles. The highest BCUT2D eigenvalue weighted by molar-refractivity contribution is 6.17. The topological polar surface area (TPSA) is 42.0 Å². The lowest BCUT2D eigenvalue weighted by Gasteiger charge is -2.12. The maximum atomic E-state index is 11.7. The molecule has 1 unspecified atom stereocenters. The molecule has 3 nitrogen and oxygen atoms in total. The number of nitrogens with zero attached hydrogens (tertiary/aromatic N) is 1. The first-order valence-electron chi connectivity index (χ1n) is 4.93. The SMILES string of the molecule is Cc1cccnc1C(=O)NC(C)CCCl. The van der Waals surface area contributed by atoms with Crippen molar-refractivity contribution < 1.29 is 4.79 Å². The summed E-state index contributed by atoms with van der Waals surface area (Å²) in [5, 5.41) is 2.85. The van der Waals surface area contributed by atoms with Crippen molar-refractivity contribution in [3.05, 3.63) is 29.6 Å².